The maximum Gasteiger partial charge on any atom is 0.00611 e. The zero-order valence-corrected chi connectivity index (χ0v) is 8.97. The van der Waals surface area contributed by atoms with Crippen LogP contribution in [0.2, 0.25) is 0 Å². The number of hydrogen-bond donors (Lipinski definition) is 2. The molecule has 0 aromatic heterocycles. The van der Waals surface area contributed by atoms with Gasteiger partial charge in [-0.3, -0.25) is 0 Å². The third-order valence-electron chi connectivity index (χ3n) is 2.15. The van der Waals surface area contributed by atoms with Gasteiger partial charge in [0.1, 0.15) is 0 Å². The molecular formula is C12H20N2. The van der Waals surface area contributed by atoms with E-state index in [1.807, 2.05) is 6.92 Å². The van der Waals surface area contributed by atoms with Crippen LogP contribution in [0.25, 0.3) is 0 Å². The molecule has 0 aromatic rings. The molecule has 0 fully saturated rings. The standard InChI is InChI=1S/C12H20N2/c1-4-10(2)8-12(6-5-7-13)9-11(3)14/h4,7,12-14H,1-2,5-6,8-9H2,3H3. The second kappa shape index (κ2) is 7.25. The second-order valence-electron chi connectivity index (χ2n) is 3.70. The molecule has 0 radical (unpaired) electrons. The first-order valence-electron chi connectivity index (χ1n) is 4.93. The average Bonchev–Trinajstić information content (AvgIpc) is 2.13. The summed E-state index contributed by atoms with van der Waals surface area (Å²) in [6.07, 6.45) is 6.67. The Labute approximate surface area is 86.7 Å². The van der Waals surface area contributed by atoms with Crippen LogP contribution in [-0.2, 0) is 0 Å². The van der Waals surface area contributed by atoms with Crippen LogP contribution in [-0.4, -0.2) is 11.9 Å². The summed E-state index contributed by atoms with van der Waals surface area (Å²) >= 11 is 0. The van der Waals surface area contributed by atoms with Crippen molar-refractivity contribution in [2.45, 2.75) is 32.6 Å². The van der Waals surface area contributed by atoms with Gasteiger partial charge in [0.2, 0.25) is 0 Å². The monoisotopic (exact) mass is 192 g/mol. The van der Waals surface area contributed by atoms with Crippen molar-refractivity contribution in [1.29, 1.82) is 10.8 Å². The Morgan fingerprint density at radius 3 is 2.50 bits per heavy atom. The molecule has 1 atom stereocenters. The molecule has 0 rings (SSSR count). The largest absolute Gasteiger partial charge is 0.313 e. The highest BCUT2D eigenvalue weighted by Gasteiger charge is 2.09. The van der Waals surface area contributed by atoms with E-state index in [1.165, 1.54) is 6.21 Å². The maximum absolute atomic E-state index is 7.45. The predicted octanol–water partition coefficient (Wildman–Crippen LogP) is 3.59. The summed E-state index contributed by atoms with van der Waals surface area (Å²) in [4.78, 5) is 0. The fourth-order valence-electron chi connectivity index (χ4n) is 1.48. The Hall–Kier alpha value is -1.18. The zero-order chi connectivity index (χ0) is 11.0. The topological polar surface area (TPSA) is 47.7 Å². The quantitative estimate of drug-likeness (QED) is 0.436. The van der Waals surface area contributed by atoms with Gasteiger partial charge >= 0.3 is 0 Å². The van der Waals surface area contributed by atoms with E-state index >= 15 is 0 Å². The molecule has 0 heterocycles. The minimum atomic E-state index is 0.444. The molecule has 0 spiro atoms. The molecule has 2 heteroatoms. The Morgan fingerprint density at radius 2 is 2.07 bits per heavy atom. The van der Waals surface area contributed by atoms with Gasteiger partial charge in [0.05, 0.1) is 0 Å². The van der Waals surface area contributed by atoms with Crippen molar-refractivity contribution in [2.24, 2.45) is 5.92 Å². The Balaban J connectivity index is 4.08. The highest BCUT2D eigenvalue weighted by molar-refractivity contribution is 5.78. The highest BCUT2D eigenvalue weighted by atomic mass is 14.4. The molecule has 14 heavy (non-hydrogen) atoms. The molecule has 0 aromatic carbocycles. The minimum absolute atomic E-state index is 0.444. The van der Waals surface area contributed by atoms with E-state index in [-0.39, 0.29) is 0 Å². The Kier molecular flexibility index (Phi) is 6.63. The molecular weight excluding hydrogens is 172 g/mol. The normalized spacial score (nSPS) is 11.8. The molecule has 2 nitrogen and oxygen atoms in total. The van der Waals surface area contributed by atoms with Crippen LogP contribution < -0.4 is 0 Å². The van der Waals surface area contributed by atoms with Crippen molar-refractivity contribution in [3.05, 3.63) is 24.8 Å². The van der Waals surface area contributed by atoms with Crippen LogP contribution in [0.15, 0.2) is 24.8 Å². The van der Waals surface area contributed by atoms with E-state index < -0.39 is 0 Å². The summed E-state index contributed by atoms with van der Waals surface area (Å²) in [6, 6.07) is 0. The third kappa shape index (κ3) is 6.35. The van der Waals surface area contributed by atoms with Crippen molar-refractivity contribution in [2.75, 3.05) is 0 Å². The van der Waals surface area contributed by atoms with Crippen molar-refractivity contribution < 1.29 is 0 Å². The van der Waals surface area contributed by atoms with Gasteiger partial charge in [-0.25, -0.2) is 0 Å². The van der Waals surface area contributed by atoms with Gasteiger partial charge in [0, 0.05) is 5.71 Å². The van der Waals surface area contributed by atoms with Gasteiger partial charge in [-0.1, -0.05) is 24.8 Å². The smallest absolute Gasteiger partial charge is 0.00611 e. The third-order valence-corrected chi connectivity index (χ3v) is 2.15. The van der Waals surface area contributed by atoms with E-state index in [1.54, 1.807) is 6.08 Å². The summed E-state index contributed by atoms with van der Waals surface area (Å²) in [5.41, 5.74) is 1.73. The fraction of sp³-hybridized carbons (Fsp3) is 0.500. The van der Waals surface area contributed by atoms with Gasteiger partial charge in [0.25, 0.3) is 0 Å². The van der Waals surface area contributed by atoms with Crippen LogP contribution in [0.5, 0.6) is 0 Å². The lowest BCUT2D eigenvalue weighted by molar-refractivity contribution is 0.514. The lowest BCUT2D eigenvalue weighted by Gasteiger charge is -2.15. The number of nitrogens with one attached hydrogen (secondary N) is 2. The minimum Gasteiger partial charge on any atom is -0.313 e. The number of allylic oxidation sites excluding steroid dienone is 2. The fourth-order valence-corrected chi connectivity index (χ4v) is 1.48. The lowest BCUT2D eigenvalue weighted by atomic mass is 9.91. The van der Waals surface area contributed by atoms with Gasteiger partial charge in [-0.15, -0.1) is 0 Å². The lowest BCUT2D eigenvalue weighted by Crippen LogP contribution is -2.06. The van der Waals surface area contributed by atoms with E-state index in [0.717, 1.165) is 31.3 Å². The molecule has 0 aliphatic rings. The van der Waals surface area contributed by atoms with E-state index in [0.29, 0.717) is 11.6 Å². The molecule has 1 unspecified atom stereocenters. The molecule has 0 amide bonds. The maximum atomic E-state index is 7.45. The van der Waals surface area contributed by atoms with Gasteiger partial charge in [-0.2, -0.15) is 0 Å². The molecule has 0 bridgehead atoms. The van der Waals surface area contributed by atoms with Crippen LogP contribution in [0.3, 0.4) is 0 Å². The van der Waals surface area contributed by atoms with Crippen molar-refractivity contribution in [3.63, 3.8) is 0 Å². The van der Waals surface area contributed by atoms with E-state index in [9.17, 15) is 0 Å². The van der Waals surface area contributed by atoms with E-state index in [4.69, 9.17) is 10.8 Å². The molecule has 0 aliphatic heterocycles. The van der Waals surface area contributed by atoms with E-state index in [2.05, 4.69) is 13.2 Å². The highest BCUT2D eigenvalue weighted by Crippen LogP contribution is 2.20. The Morgan fingerprint density at radius 1 is 1.43 bits per heavy atom. The molecule has 0 saturated heterocycles. The van der Waals surface area contributed by atoms with Crippen LogP contribution in [0.4, 0.5) is 0 Å². The van der Waals surface area contributed by atoms with Crippen LogP contribution >= 0.6 is 0 Å². The first-order valence-corrected chi connectivity index (χ1v) is 4.93. The zero-order valence-electron chi connectivity index (χ0n) is 8.97. The van der Waals surface area contributed by atoms with Crippen molar-refractivity contribution >= 4 is 11.9 Å². The molecule has 2 N–H and O–H groups in total. The summed E-state index contributed by atoms with van der Waals surface area (Å²) in [5, 5.41) is 14.4. The van der Waals surface area contributed by atoms with Crippen LogP contribution in [0, 0.1) is 16.7 Å². The second-order valence-corrected chi connectivity index (χ2v) is 3.70. The number of hydrogen-bond acceptors (Lipinski definition) is 2. The van der Waals surface area contributed by atoms with Crippen molar-refractivity contribution in [3.8, 4) is 0 Å². The number of rotatable bonds is 8. The summed E-state index contributed by atoms with van der Waals surface area (Å²) in [7, 11) is 0. The van der Waals surface area contributed by atoms with Gasteiger partial charge in [0.15, 0.2) is 0 Å². The first kappa shape index (κ1) is 12.8. The Bertz CT molecular complexity index is 228. The first-order chi connectivity index (χ1) is 6.60. The van der Waals surface area contributed by atoms with Gasteiger partial charge in [-0.05, 0) is 44.7 Å². The molecule has 0 saturated carbocycles. The van der Waals surface area contributed by atoms with Gasteiger partial charge < -0.3 is 10.8 Å². The predicted molar refractivity (Wildman–Crippen MR) is 63.5 cm³/mol. The van der Waals surface area contributed by atoms with Crippen LogP contribution in [0.1, 0.15) is 32.6 Å². The SMILES string of the molecule is C=CC(=C)CC(CCC=N)CC(C)=N. The molecule has 78 valence electrons. The summed E-state index contributed by atoms with van der Waals surface area (Å²) < 4.78 is 0. The average molecular weight is 192 g/mol. The van der Waals surface area contributed by atoms with Crippen molar-refractivity contribution in [1.82, 2.24) is 0 Å². The summed E-state index contributed by atoms with van der Waals surface area (Å²) in [5.74, 6) is 0.444. The molecule has 0 aliphatic carbocycles. The summed E-state index contributed by atoms with van der Waals surface area (Å²) in [6.45, 7) is 9.39.